The maximum absolute atomic E-state index is 11.3. The quantitative estimate of drug-likeness (QED) is 0.539. The maximum atomic E-state index is 11.3. The maximum Gasteiger partial charge on any atom is 0.229 e. The van der Waals surface area contributed by atoms with Gasteiger partial charge in [-0.3, -0.25) is 14.3 Å². The molecular weight excluding hydrogens is 426 g/mol. The van der Waals surface area contributed by atoms with Crippen LogP contribution in [0.25, 0.3) is 0 Å². The van der Waals surface area contributed by atoms with Gasteiger partial charge in [0.1, 0.15) is 12.4 Å². The third kappa shape index (κ3) is 9.02. The van der Waals surface area contributed by atoms with Crippen LogP contribution >= 0.6 is 0 Å². The van der Waals surface area contributed by atoms with Crippen LogP contribution in [0.15, 0.2) is 48.5 Å². The van der Waals surface area contributed by atoms with E-state index < -0.39 is 20.0 Å². The van der Waals surface area contributed by atoms with Gasteiger partial charge < -0.3 is 4.74 Å². The minimum absolute atomic E-state index is 0.171. The van der Waals surface area contributed by atoms with Crippen molar-refractivity contribution in [1.82, 2.24) is 4.90 Å². The first-order valence-corrected chi connectivity index (χ1v) is 13.2. The van der Waals surface area contributed by atoms with Gasteiger partial charge in [-0.15, -0.1) is 0 Å². The van der Waals surface area contributed by atoms with E-state index >= 15 is 0 Å². The van der Waals surface area contributed by atoms with Gasteiger partial charge in [-0.05, 0) is 62.4 Å². The molecule has 10 heteroatoms. The van der Waals surface area contributed by atoms with Crippen LogP contribution in [-0.4, -0.2) is 60.5 Å². The normalized spacial score (nSPS) is 13.1. The molecule has 0 fully saturated rings. The number of rotatable bonds is 11. The Morgan fingerprint density at radius 1 is 0.867 bits per heavy atom. The Kier molecular flexibility index (Phi) is 8.10. The molecular formula is C20H29N3O5S2. The molecule has 0 saturated heterocycles. The second-order valence-electron chi connectivity index (χ2n) is 7.36. The van der Waals surface area contributed by atoms with E-state index in [0.717, 1.165) is 31.0 Å². The highest BCUT2D eigenvalue weighted by Crippen LogP contribution is 2.17. The number of nitrogens with zero attached hydrogens (tertiary/aromatic N) is 1. The zero-order valence-electron chi connectivity index (χ0n) is 17.6. The van der Waals surface area contributed by atoms with Crippen molar-refractivity contribution in [2.45, 2.75) is 19.4 Å². The van der Waals surface area contributed by atoms with Gasteiger partial charge in [0.2, 0.25) is 20.0 Å². The zero-order chi connectivity index (χ0) is 22.4. The summed E-state index contributed by atoms with van der Waals surface area (Å²) in [6, 6.07) is 14.3. The van der Waals surface area contributed by atoms with Crippen LogP contribution in [0.4, 0.5) is 11.4 Å². The third-order valence-electron chi connectivity index (χ3n) is 4.41. The fourth-order valence-corrected chi connectivity index (χ4v) is 3.79. The van der Waals surface area contributed by atoms with Crippen LogP contribution in [-0.2, 0) is 26.5 Å². The Bertz CT molecular complexity index is 936. The summed E-state index contributed by atoms with van der Waals surface area (Å²) in [4.78, 5) is 2.18. The summed E-state index contributed by atoms with van der Waals surface area (Å²) in [5.41, 5.74) is 2.16. The van der Waals surface area contributed by atoms with Crippen LogP contribution < -0.4 is 14.2 Å². The molecule has 0 aliphatic heterocycles. The molecule has 2 aromatic rings. The molecule has 2 rings (SSSR count). The summed E-state index contributed by atoms with van der Waals surface area (Å²) < 4.78 is 55.6. The number of anilines is 2. The number of likely N-dealkylation sites (N-methyl/N-ethyl adjacent to an activating group) is 1. The highest BCUT2D eigenvalue weighted by molar-refractivity contribution is 7.92. The minimum atomic E-state index is -3.29. The Balaban J connectivity index is 1.78. The first kappa shape index (κ1) is 24.0. The minimum Gasteiger partial charge on any atom is -0.492 e. The van der Waals surface area contributed by atoms with E-state index in [1.807, 2.05) is 19.2 Å². The van der Waals surface area contributed by atoms with Crippen molar-refractivity contribution in [2.24, 2.45) is 0 Å². The van der Waals surface area contributed by atoms with Gasteiger partial charge in [-0.2, -0.15) is 0 Å². The molecule has 0 radical (unpaired) electrons. The largest absolute Gasteiger partial charge is 0.492 e. The Labute approximate surface area is 179 Å². The average molecular weight is 456 g/mol. The summed E-state index contributed by atoms with van der Waals surface area (Å²) in [5.74, 6) is 0.670. The van der Waals surface area contributed by atoms with E-state index in [2.05, 4.69) is 21.3 Å². The zero-order valence-corrected chi connectivity index (χ0v) is 19.3. The van der Waals surface area contributed by atoms with Crippen LogP contribution in [0.1, 0.15) is 12.5 Å². The van der Waals surface area contributed by atoms with Crippen molar-refractivity contribution in [3.05, 3.63) is 54.1 Å². The number of sulfonamides is 2. The standard InChI is InChI=1S/C20H29N3O5S2/c1-16(15-28-20-11-9-19(10-12-20)22-30(4,26)27)23(2)14-13-17-5-7-18(8-6-17)21-29(3,24)25/h5-12,16,21-22H,13-15H2,1-4H3. The lowest BCUT2D eigenvalue weighted by molar-refractivity contribution is 0.174. The molecule has 0 heterocycles. The third-order valence-corrected chi connectivity index (χ3v) is 5.62. The Hall–Kier alpha value is -2.30. The van der Waals surface area contributed by atoms with Crippen LogP contribution in [0, 0.1) is 0 Å². The van der Waals surface area contributed by atoms with Crippen molar-refractivity contribution >= 4 is 31.4 Å². The van der Waals surface area contributed by atoms with E-state index in [9.17, 15) is 16.8 Å². The highest BCUT2D eigenvalue weighted by Gasteiger charge is 2.11. The number of benzene rings is 2. The van der Waals surface area contributed by atoms with E-state index in [4.69, 9.17) is 4.74 Å². The molecule has 0 saturated carbocycles. The molecule has 1 unspecified atom stereocenters. The number of ether oxygens (including phenoxy) is 1. The summed E-state index contributed by atoms with van der Waals surface area (Å²) in [7, 11) is -4.54. The smallest absolute Gasteiger partial charge is 0.229 e. The summed E-state index contributed by atoms with van der Waals surface area (Å²) in [6.07, 6.45) is 3.06. The van der Waals surface area contributed by atoms with Crippen molar-refractivity contribution < 1.29 is 21.6 Å². The molecule has 2 aromatic carbocycles. The molecule has 0 bridgehead atoms. The van der Waals surface area contributed by atoms with Crippen LogP contribution in [0.3, 0.4) is 0 Å². The molecule has 8 nitrogen and oxygen atoms in total. The lowest BCUT2D eigenvalue weighted by atomic mass is 10.1. The van der Waals surface area contributed by atoms with Crippen molar-refractivity contribution in [3.63, 3.8) is 0 Å². The molecule has 2 N–H and O–H groups in total. The molecule has 0 amide bonds. The molecule has 0 aliphatic rings. The van der Waals surface area contributed by atoms with Crippen molar-refractivity contribution in [2.75, 3.05) is 42.2 Å². The predicted octanol–water partition coefficient (Wildman–Crippen LogP) is 2.37. The van der Waals surface area contributed by atoms with Gasteiger partial charge >= 0.3 is 0 Å². The fraction of sp³-hybridized carbons (Fsp3) is 0.400. The van der Waals surface area contributed by atoms with Gasteiger partial charge in [-0.25, -0.2) is 16.8 Å². The van der Waals surface area contributed by atoms with Gasteiger partial charge in [0.25, 0.3) is 0 Å². The highest BCUT2D eigenvalue weighted by atomic mass is 32.2. The van der Waals surface area contributed by atoms with Gasteiger partial charge in [0.05, 0.1) is 12.5 Å². The molecule has 1 atom stereocenters. The van der Waals surface area contributed by atoms with Gasteiger partial charge in [0, 0.05) is 24.0 Å². The van der Waals surface area contributed by atoms with Gasteiger partial charge in [-0.1, -0.05) is 12.1 Å². The number of hydrogen-bond donors (Lipinski definition) is 2. The second kappa shape index (κ2) is 10.1. The van der Waals surface area contributed by atoms with Crippen LogP contribution in [0.2, 0.25) is 0 Å². The summed E-state index contributed by atoms with van der Waals surface area (Å²) >= 11 is 0. The monoisotopic (exact) mass is 455 g/mol. The molecule has 0 aliphatic carbocycles. The summed E-state index contributed by atoms with van der Waals surface area (Å²) in [5, 5.41) is 0. The summed E-state index contributed by atoms with van der Waals surface area (Å²) in [6.45, 7) is 3.38. The molecule has 0 spiro atoms. The lowest BCUT2D eigenvalue weighted by Gasteiger charge is -2.25. The van der Waals surface area contributed by atoms with Crippen LogP contribution in [0.5, 0.6) is 5.75 Å². The molecule has 166 valence electrons. The number of hydrogen-bond acceptors (Lipinski definition) is 6. The topological polar surface area (TPSA) is 105 Å². The number of nitrogens with one attached hydrogen (secondary N) is 2. The van der Waals surface area contributed by atoms with E-state index in [-0.39, 0.29) is 6.04 Å². The molecule has 0 aromatic heterocycles. The average Bonchev–Trinajstić information content (AvgIpc) is 2.64. The van der Waals surface area contributed by atoms with E-state index in [0.29, 0.717) is 23.7 Å². The first-order chi connectivity index (χ1) is 13.9. The van der Waals surface area contributed by atoms with Gasteiger partial charge in [0.15, 0.2) is 0 Å². The van der Waals surface area contributed by atoms with E-state index in [1.165, 1.54) is 0 Å². The Morgan fingerprint density at radius 2 is 1.33 bits per heavy atom. The van der Waals surface area contributed by atoms with Crippen molar-refractivity contribution in [1.29, 1.82) is 0 Å². The van der Waals surface area contributed by atoms with E-state index in [1.54, 1.807) is 36.4 Å². The SMILES string of the molecule is CC(COc1ccc(NS(C)(=O)=O)cc1)N(C)CCc1ccc(NS(C)(=O)=O)cc1. The lowest BCUT2D eigenvalue weighted by Crippen LogP contribution is -2.35. The molecule has 30 heavy (non-hydrogen) atoms. The predicted molar refractivity (Wildman–Crippen MR) is 121 cm³/mol. The van der Waals surface area contributed by atoms with Crippen molar-refractivity contribution in [3.8, 4) is 5.75 Å². The second-order valence-corrected chi connectivity index (χ2v) is 10.9. The first-order valence-electron chi connectivity index (χ1n) is 9.39. The Morgan fingerprint density at radius 3 is 1.80 bits per heavy atom. The fourth-order valence-electron chi connectivity index (χ4n) is 2.66.